The number of aldehydes is 1. The van der Waals surface area contributed by atoms with E-state index in [9.17, 15) is 4.79 Å². The molecule has 0 N–H and O–H groups in total. The van der Waals surface area contributed by atoms with E-state index in [2.05, 4.69) is 14.7 Å². The van der Waals surface area contributed by atoms with Crippen LogP contribution in [0, 0.1) is 0 Å². The molecule has 0 atom stereocenters. The summed E-state index contributed by atoms with van der Waals surface area (Å²) < 4.78 is 4.57. The van der Waals surface area contributed by atoms with E-state index in [1.807, 2.05) is 0 Å². The van der Waals surface area contributed by atoms with E-state index < -0.39 is 0 Å². The number of carbonyl (C=O) groups excluding carboxylic acids is 1. The van der Waals surface area contributed by atoms with E-state index in [0.717, 1.165) is 11.2 Å². The Kier molecular flexibility index (Phi) is 1.71. The third-order valence-corrected chi connectivity index (χ3v) is 2.33. The van der Waals surface area contributed by atoms with Crippen LogP contribution in [-0.4, -0.2) is 16.4 Å². The van der Waals surface area contributed by atoms with Gasteiger partial charge in [-0.05, 0) is 12.1 Å². The van der Waals surface area contributed by atoms with Crippen LogP contribution in [0.25, 0.3) is 10.7 Å². The first-order valence-electron chi connectivity index (χ1n) is 3.22. The molecule has 2 rings (SSSR count). The summed E-state index contributed by atoms with van der Waals surface area (Å²) in [4.78, 5) is 15.7. The van der Waals surface area contributed by atoms with Gasteiger partial charge in [0.05, 0.1) is 9.75 Å². The minimum Gasteiger partial charge on any atom is -0.342 e. The lowest BCUT2D eigenvalue weighted by atomic mass is 10.4. The second-order valence-corrected chi connectivity index (χ2v) is 3.19. The molecule has 4 nitrogen and oxygen atoms in total. The smallest absolute Gasteiger partial charge is 0.214 e. The molecule has 60 valence electrons. The number of carbonyl (C=O) groups is 1. The maximum absolute atomic E-state index is 10.3. The molecule has 0 aliphatic rings. The summed E-state index contributed by atoms with van der Waals surface area (Å²) in [7, 11) is 0. The van der Waals surface area contributed by atoms with E-state index in [1.54, 1.807) is 12.1 Å². The quantitative estimate of drug-likeness (QED) is 0.659. The fourth-order valence-corrected chi connectivity index (χ4v) is 1.57. The lowest BCUT2D eigenvalue weighted by Crippen LogP contribution is -1.71. The van der Waals surface area contributed by atoms with E-state index in [-0.39, 0.29) is 0 Å². The van der Waals surface area contributed by atoms with Crippen LogP contribution < -0.4 is 0 Å². The minimum atomic E-state index is 0.521. The van der Waals surface area contributed by atoms with Crippen LogP contribution in [0.4, 0.5) is 0 Å². The zero-order valence-electron chi connectivity index (χ0n) is 5.93. The van der Waals surface area contributed by atoms with Crippen LogP contribution in [-0.2, 0) is 0 Å². The van der Waals surface area contributed by atoms with Crippen molar-refractivity contribution >= 4 is 17.6 Å². The molecule has 0 aromatic carbocycles. The van der Waals surface area contributed by atoms with Crippen LogP contribution >= 0.6 is 11.3 Å². The number of aromatic nitrogens is 2. The molecule has 0 saturated carbocycles. The zero-order valence-corrected chi connectivity index (χ0v) is 6.75. The van der Waals surface area contributed by atoms with Crippen molar-refractivity contribution in [2.45, 2.75) is 0 Å². The van der Waals surface area contributed by atoms with E-state index in [0.29, 0.717) is 10.7 Å². The third-order valence-electron chi connectivity index (χ3n) is 1.32. The van der Waals surface area contributed by atoms with Gasteiger partial charge in [0.15, 0.2) is 6.29 Å². The van der Waals surface area contributed by atoms with Crippen molar-refractivity contribution in [1.82, 2.24) is 10.1 Å². The third kappa shape index (κ3) is 1.14. The van der Waals surface area contributed by atoms with Crippen molar-refractivity contribution < 1.29 is 9.32 Å². The monoisotopic (exact) mass is 180 g/mol. The largest absolute Gasteiger partial charge is 0.342 e. The van der Waals surface area contributed by atoms with Crippen molar-refractivity contribution in [2.24, 2.45) is 0 Å². The van der Waals surface area contributed by atoms with Crippen LogP contribution in [0.5, 0.6) is 0 Å². The van der Waals surface area contributed by atoms with Gasteiger partial charge < -0.3 is 4.52 Å². The van der Waals surface area contributed by atoms with E-state index >= 15 is 0 Å². The van der Waals surface area contributed by atoms with Crippen molar-refractivity contribution in [3.05, 3.63) is 23.4 Å². The summed E-state index contributed by atoms with van der Waals surface area (Å²) in [5.74, 6) is 0.521. The number of nitrogens with zero attached hydrogens (tertiary/aromatic N) is 2. The van der Waals surface area contributed by atoms with E-state index in [4.69, 9.17) is 0 Å². The highest BCUT2D eigenvalue weighted by Gasteiger charge is 2.05. The SMILES string of the molecule is O=Cc1ccc(-c2ncon2)s1. The Bertz CT molecular complexity index is 380. The molecule has 0 radical (unpaired) electrons. The topological polar surface area (TPSA) is 56.0 Å². The van der Waals surface area contributed by atoms with Crippen LogP contribution in [0.3, 0.4) is 0 Å². The van der Waals surface area contributed by atoms with Crippen LogP contribution in [0.2, 0.25) is 0 Å². The predicted molar refractivity (Wildman–Crippen MR) is 43.0 cm³/mol. The highest BCUT2D eigenvalue weighted by molar-refractivity contribution is 7.16. The summed E-state index contributed by atoms with van der Waals surface area (Å²) in [5.41, 5.74) is 0. The maximum Gasteiger partial charge on any atom is 0.214 e. The molecule has 2 heterocycles. The Balaban J connectivity index is 2.41. The van der Waals surface area contributed by atoms with Crippen molar-refractivity contribution in [2.75, 3.05) is 0 Å². The predicted octanol–water partition coefficient (Wildman–Crippen LogP) is 1.61. The van der Waals surface area contributed by atoms with Gasteiger partial charge in [0, 0.05) is 0 Å². The Morgan fingerprint density at radius 1 is 1.50 bits per heavy atom. The Morgan fingerprint density at radius 2 is 2.42 bits per heavy atom. The molecule has 0 aliphatic heterocycles. The molecule has 0 spiro atoms. The molecule has 5 heteroatoms. The first-order chi connectivity index (χ1) is 5.90. The van der Waals surface area contributed by atoms with E-state index in [1.165, 1.54) is 17.7 Å². The first kappa shape index (κ1) is 7.17. The molecule has 0 bridgehead atoms. The molecule has 0 fully saturated rings. The normalized spacial score (nSPS) is 10.0. The van der Waals surface area contributed by atoms with Gasteiger partial charge in [-0.2, -0.15) is 4.98 Å². The molecule has 2 aromatic heterocycles. The van der Waals surface area contributed by atoms with Gasteiger partial charge in [-0.25, -0.2) is 0 Å². The van der Waals surface area contributed by atoms with Gasteiger partial charge in [-0.15, -0.1) is 11.3 Å². The lowest BCUT2D eigenvalue weighted by molar-refractivity contribution is 0.112. The Labute approximate surface area is 71.8 Å². The summed E-state index contributed by atoms with van der Waals surface area (Å²) >= 11 is 1.34. The highest BCUT2D eigenvalue weighted by Crippen LogP contribution is 2.23. The van der Waals surface area contributed by atoms with Gasteiger partial charge in [0.2, 0.25) is 12.2 Å². The summed E-state index contributed by atoms with van der Waals surface area (Å²) in [6.07, 6.45) is 2.06. The fourth-order valence-electron chi connectivity index (χ4n) is 0.816. The van der Waals surface area contributed by atoms with Crippen LogP contribution in [0.15, 0.2) is 23.0 Å². The average molecular weight is 180 g/mol. The summed E-state index contributed by atoms with van der Waals surface area (Å²) in [6, 6.07) is 3.52. The molecular formula is C7H4N2O2S. The fraction of sp³-hybridized carbons (Fsp3) is 0. The lowest BCUT2D eigenvalue weighted by Gasteiger charge is -1.81. The average Bonchev–Trinajstić information content (AvgIpc) is 2.75. The van der Waals surface area contributed by atoms with Crippen molar-refractivity contribution in [1.29, 1.82) is 0 Å². The standard InChI is InChI=1S/C7H4N2O2S/c10-3-5-1-2-6(12-5)7-8-4-11-9-7/h1-4H. The maximum atomic E-state index is 10.3. The Hall–Kier alpha value is -1.49. The molecule has 2 aromatic rings. The first-order valence-corrected chi connectivity index (χ1v) is 4.03. The van der Waals surface area contributed by atoms with Gasteiger partial charge in [-0.3, -0.25) is 4.79 Å². The number of thiophene rings is 1. The number of hydrogen-bond donors (Lipinski definition) is 0. The van der Waals surface area contributed by atoms with Gasteiger partial charge >= 0.3 is 0 Å². The van der Waals surface area contributed by atoms with Gasteiger partial charge in [0.25, 0.3) is 0 Å². The van der Waals surface area contributed by atoms with Gasteiger partial charge in [-0.1, -0.05) is 5.16 Å². The second-order valence-electron chi connectivity index (χ2n) is 2.07. The van der Waals surface area contributed by atoms with Crippen molar-refractivity contribution in [3.63, 3.8) is 0 Å². The van der Waals surface area contributed by atoms with Gasteiger partial charge in [0.1, 0.15) is 0 Å². The summed E-state index contributed by atoms with van der Waals surface area (Å²) in [6.45, 7) is 0. The molecule has 0 amide bonds. The molecule has 0 saturated heterocycles. The summed E-state index contributed by atoms with van der Waals surface area (Å²) in [5, 5.41) is 3.64. The Morgan fingerprint density at radius 3 is 3.00 bits per heavy atom. The molecule has 0 unspecified atom stereocenters. The zero-order chi connectivity index (χ0) is 8.39. The number of hydrogen-bond acceptors (Lipinski definition) is 5. The van der Waals surface area contributed by atoms with Crippen LogP contribution in [0.1, 0.15) is 9.67 Å². The molecular weight excluding hydrogens is 176 g/mol. The second kappa shape index (κ2) is 2.86. The number of rotatable bonds is 2. The highest BCUT2D eigenvalue weighted by atomic mass is 32.1. The molecule has 0 aliphatic carbocycles. The molecule has 12 heavy (non-hydrogen) atoms. The van der Waals surface area contributed by atoms with Crippen molar-refractivity contribution in [3.8, 4) is 10.7 Å². The minimum absolute atomic E-state index is 0.521.